The Bertz CT molecular complexity index is 926. The number of halogens is 6. The highest BCUT2D eigenvalue weighted by Crippen LogP contribution is 2.45. The summed E-state index contributed by atoms with van der Waals surface area (Å²) in [6.45, 7) is 21.3. The SMILES string of the molecule is CCC(CC)OCC(C)(COCC(F)(F)F)COC(CC)(CC)CC(C)(C)CC(CC)(CC)OCC(C)(COCC(F)(F)F)CC(O)(CC)CC. The van der Waals surface area contributed by atoms with E-state index in [0.717, 1.165) is 12.8 Å². The second kappa shape index (κ2) is 21.4. The molecule has 51 heavy (non-hydrogen) atoms. The summed E-state index contributed by atoms with van der Waals surface area (Å²) < 4.78 is 108. The van der Waals surface area contributed by atoms with Crippen molar-refractivity contribution in [2.45, 2.75) is 189 Å². The Morgan fingerprint density at radius 3 is 1.18 bits per heavy atom. The van der Waals surface area contributed by atoms with E-state index in [9.17, 15) is 31.4 Å². The molecular weight excluding hydrogens is 678 g/mol. The molecule has 308 valence electrons. The van der Waals surface area contributed by atoms with Crippen LogP contribution in [-0.2, 0) is 23.7 Å². The van der Waals surface area contributed by atoms with Gasteiger partial charge < -0.3 is 28.8 Å². The van der Waals surface area contributed by atoms with Crippen LogP contribution in [0.1, 0.15) is 154 Å². The largest absolute Gasteiger partial charge is 0.411 e. The minimum Gasteiger partial charge on any atom is -0.390 e. The van der Waals surface area contributed by atoms with Gasteiger partial charge in [0.1, 0.15) is 13.2 Å². The van der Waals surface area contributed by atoms with E-state index in [4.69, 9.17) is 23.7 Å². The topological polar surface area (TPSA) is 66.4 Å². The normalized spacial score (nSPS) is 16.5. The van der Waals surface area contributed by atoms with E-state index in [1.807, 2.05) is 55.4 Å². The molecule has 0 heterocycles. The standard InChI is InChI=1S/C39H74F6O6/c1-13-31(14-2)49-26-34(12,25-48-30-39(43,44)45)28-51-37(19-7,20-8)22-32(9,10)21-36(17-5,18-6)50-27-33(11,23-35(46,15-3)16-4)24-47-29-38(40,41)42/h31,46H,13-30H2,1-12H3. The molecule has 0 aromatic heterocycles. The average Bonchev–Trinajstić information content (AvgIpc) is 3.04. The zero-order valence-corrected chi connectivity index (χ0v) is 34.1. The van der Waals surface area contributed by atoms with Gasteiger partial charge in [-0.3, -0.25) is 0 Å². The predicted molar refractivity (Wildman–Crippen MR) is 192 cm³/mol. The van der Waals surface area contributed by atoms with Gasteiger partial charge in [0.05, 0.1) is 55.9 Å². The van der Waals surface area contributed by atoms with Gasteiger partial charge in [-0.1, -0.05) is 83.1 Å². The van der Waals surface area contributed by atoms with Crippen LogP contribution in [0.25, 0.3) is 0 Å². The average molecular weight is 753 g/mol. The van der Waals surface area contributed by atoms with E-state index >= 15 is 0 Å². The second-order valence-corrected chi connectivity index (χ2v) is 16.6. The quantitative estimate of drug-likeness (QED) is 0.0768. The van der Waals surface area contributed by atoms with Crippen LogP contribution in [0.3, 0.4) is 0 Å². The highest BCUT2D eigenvalue weighted by atomic mass is 19.4. The van der Waals surface area contributed by atoms with Gasteiger partial charge in [-0.25, -0.2) is 0 Å². The third-order valence-corrected chi connectivity index (χ3v) is 10.7. The van der Waals surface area contributed by atoms with Gasteiger partial charge in [-0.05, 0) is 76.0 Å². The minimum atomic E-state index is -4.46. The summed E-state index contributed by atoms with van der Waals surface area (Å²) in [5.74, 6) is 0. The Balaban J connectivity index is 6.17. The molecule has 1 N–H and O–H groups in total. The van der Waals surface area contributed by atoms with Crippen LogP contribution in [0, 0.1) is 16.2 Å². The van der Waals surface area contributed by atoms with Crippen LogP contribution in [0.4, 0.5) is 26.3 Å². The first-order chi connectivity index (χ1) is 23.3. The molecule has 12 heteroatoms. The molecule has 0 saturated carbocycles. The van der Waals surface area contributed by atoms with Crippen molar-refractivity contribution in [3.8, 4) is 0 Å². The van der Waals surface area contributed by atoms with Gasteiger partial charge in [0, 0.05) is 10.8 Å². The van der Waals surface area contributed by atoms with Crippen molar-refractivity contribution < 1.29 is 55.1 Å². The number of aliphatic hydroxyl groups is 1. The van der Waals surface area contributed by atoms with E-state index in [2.05, 4.69) is 27.7 Å². The van der Waals surface area contributed by atoms with Crippen molar-refractivity contribution in [3.05, 3.63) is 0 Å². The van der Waals surface area contributed by atoms with Gasteiger partial charge >= 0.3 is 12.4 Å². The smallest absolute Gasteiger partial charge is 0.390 e. The summed E-state index contributed by atoms with van der Waals surface area (Å²) in [6, 6.07) is 0. The number of ether oxygens (including phenoxy) is 5. The zero-order chi connectivity index (χ0) is 39.8. The maximum absolute atomic E-state index is 13.0. The van der Waals surface area contributed by atoms with Crippen LogP contribution >= 0.6 is 0 Å². The Kier molecular flexibility index (Phi) is 21.2. The monoisotopic (exact) mass is 753 g/mol. The maximum Gasteiger partial charge on any atom is 0.411 e. The molecule has 0 rings (SSSR count). The molecule has 0 fully saturated rings. The molecule has 0 aliphatic heterocycles. The third-order valence-electron chi connectivity index (χ3n) is 10.7. The van der Waals surface area contributed by atoms with Crippen LogP contribution in [0.5, 0.6) is 0 Å². The molecule has 0 aromatic carbocycles. The fraction of sp³-hybridized carbons (Fsp3) is 1.00. The molecule has 0 aromatic rings. The van der Waals surface area contributed by atoms with Crippen LogP contribution in [-0.4, -0.2) is 86.6 Å². The van der Waals surface area contributed by atoms with E-state index in [0.29, 0.717) is 51.4 Å². The first-order valence-corrected chi connectivity index (χ1v) is 19.2. The molecule has 0 aliphatic rings. The Labute approximate surface area is 306 Å². The molecule has 2 atom stereocenters. The number of alkyl halides is 6. The molecule has 6 nitrogen and oxygen atoms in total. The van der Waals surface area contributed by atoms with E-state index in [-0.39, 0.29) is 51.0 Å². The van der Waals surface area contributed by atoms with Crippen molar-refractivity contribution in [2.75, 3.05) is 46.2 Å². The Hall–Kier alpha value is -0.660. The zero-order valence-electron chi connectivity index (χ0n) is 34.1. The number of hydrogen-bond donors (Lipinski definition) is 1. The first kappa shape index (κ1) is 50.3. The van der Waals surface area contributed by atoms with E-state index in [1.54, 1.807) is 0 Å². The lowest BCUT2D eigenvalue weighted by atomic mass is 9.70. The molecule has 0 aliphatic carbocycles. The molecular formula is C39H74F6O6. The molecule has 0 amide bonds. The van der Waals surface area contributed by atoms with Crippen molar-refractivity contribution in [1.82, 2.24) is 0 Å². The summed E-state index contributed by atoms with van der Waals surface area (Å²) >= 11 is 0. The first-order valence-electron chi connectivity index (χ1n) is 19.2. The highest BCUT2D eigenvalue weighted by Gasteiger charge is 2.44. The van der Waals surface area contributed by atoms with Gasteiger partial charge in [-0.15, -0.1) is 0 Å². The highest BCUT2D eigenvalue weighted by molar-refractivity contribution is 4.94. The lowest BCUT2D eigenvalue weighted by Crippen LogP contribution is -2.47. The lowest BCUT2D eigenvalue weighted by Gasteiger charge is -2.46. The Morgan fingerprint density at radius 2 is 0.843 bits per heavy atom. The lowest BCUT2D eigenvalue weighted by molar-refractivity contribution is -0.195. The van der Waals surface area contributed by atoms with Crippen molar-refractivity contribution in [3.63, 3.8) is 0 Å². The number of rotatable bonds is 29. The minimum absolute atomic E-state index is 0.0139. The fourth-order valence-electron chi connectivity index (χ4n) is 7.20. The van der Waals surface area contributed by atoms with Gasteiger partial charge in [-0.2, -0.15) is 26.3 Å². The molecule has 0 saturated heterocycles. The summed E-state index contributed by atoms with van der Waals surface area (Å²) in [5, 5.41) is 11.2. The van der Waals surface area contributed by atoms with E-state index in [1.165, 1.54) is 0 Å². The van der Waals surface area contributed by atoms with Crippen LogP contribution < -0.4 is 0 Å². The summed E-state index contributed by atoms with van der Waals surface area (Å²) in [5.41, 5.74) is -4.28. The van der Waals surface area contributed by atoms with Gasteiger partial charge in [0.25, 0.3) is 0 Å². The van der Waals surface area contributed by atoms with Gasteiger partial charge in [0.2, 0.25) is 0 Å². The summed E-state index contributed by atoms with van der Waals surface area (Å²) in [7, 11) is 0. The van der Waals surface area contributed by atoms with Crippen molar-refractivity contribution >= 4 is 0 Å². The summed E-state index contributed by atoms with van der Waals surface area (Å²) in [4.78, 5) is 0. The van der Waals surface area contributed by atoms with Crippen LogP contribution in [0.2, 0.25) is 0 Å². The van der Waals surface area contributed by atoms with Crippen molar-refractivity contribution in [2.24, 2.45) is 16.2 Å². The molecule has 0 radical (unpaired) electrons. The number of hydrogen-bond acceptors (Lipinski definition) is 6. The molecule has 2 unspecified atom stereocenters. The molecule has 0 bridgehead atoms. The van der Waals surface area contributed by atoms with E-state index < -0.39 is 53.2 Å². The molecule has 0 spiro atoms. The predicted octanol–water partition coefficient (Wildman–Crippen LogP) is 11.3. The second-order valence-electron chi connectivity index (χ2n) is 16.6. The summed E-state index contributed by atoms with van der Waals surface area (Å²) in [6.07, 6.45) is -2.27. The third kappa shape index (κ3) is 19.5. The van der Waals surface area contributed by atoms with Gasteiger partial charge in [0.15, 0.2) is 0 Å². The van der Waals surface area contributed by atoms with Crippen molar-refractivity contribution in [1.29, 1.82) is 0 Å². The maximum atomic E-state index is 13.0. The Morgan fingerprint density at radius 1 is 0.471 bits per heavy atom. The fourth-order valence-corrected chi connectivity index (χ4v) is 7.20. The van der Waals surface area contributed by atoms with Crippen LogP contribution in [0.15, 0.2) is 0 Å².